The predicted octanol–water partition coefficient (Wildman–Crippen LogP) is 3.21. The minimum absolute atomic E-state index is 0.0740. The van der Waals surface area contributed by atoms with Gasteiger partial charge in [-0.25, -0.2) is 4.39 Å². The van der Waals surface area contributed by atoms with Crippen molar-refractivity contribution in [1.82, 2.24) is 0 Å². The molecule has 0 aliphatic rings. The second-order valence-electron chi connectivity index (χ2n) is 3.36. The molecule has 2 aromatic rings. The molecule has 0 fully saturated rings. The van der Waals surface area contributed by atoms with Crippen LogP contribution in [0.5, 0.6) is 11.5 Å². The molecular weight excluding hydrogens is 207 g/mol. The van der Waals surface area contributed by atoms with Crippen LogP contribution in [-0.2, 0) is 0 Å². The highest BCUT2D eigenvalue weighted by atomic mass is 19.1. The Balaban J connectivity index is 2.63. The maximum Gasteiger partial charge on any atom is 0.130 e. The zero-order valence-electron chi connectivity index (χ0n) is 8.77. The molecule has 2 rings (SSSR count). The Morgan fingerprint density at radius 3 is 2.56 bits per heavy atom. The van der Waals surface area contributed by atoms with E-state index in [1.54, 1.807) is 30.3 Å². The number of hydrogen-bond donors (Lipinski definition) is 1. The standard InChI is InChI=1S/C13H11FO2/c1-16-12-7-3-6-11(15)13(12)9-4-2-5-10(14)8-9/h2-8,15H,1H3. The molecule has 0 atom stereocenters. The summed E-state index contributed by atoms with van der Waals surface area (Å²) in [6.45, 7) is 0. The number of phenolic OH excluding ortho intramolecular Hbond substituents is 1. The summed E-state index contributed by atoms with van der Waals surface area (Å²) in [5.41, 5.74) is 1.10. The third-order valence-electron chi connectivity index (χ3n) is 2.34. The first kappa shape index (κ1) is 10.5. The minimum atomic E-state index is -0.345. The van der Waals surface area contributed by atoms with Gasteiger partial charge in [0.1, 0.15) is 17.3 Å². The fourth-order valence-electron chi connectivity index (χ4n) is 1.62. The Morgan fingerprint density at radius 1 is 1.12 bits per heavy atom. The molecule has 0 saturated carbocycles. The Labute approximate surface area is 92.9 Å². The molecule has 16 heavy (non-hydrogen) atoms. The van der Waals surface area contributed by atoms with Gasteiger partial charge >= 0.3 is 0 Å². The van der Waals surface area contributed by atoms with E-state index in [0.717, 1.165) is 0 Å². The van der Waals surface area contributed by atoms with Crippen molar-refractivity contribution in [2.45, 2.75) is 0 Å². The zero-order valence-corrected chi connectivity index (χ0v) is 8.77. The SMILES string of the molecule is COc1cccc(O)c1-c1cccc(F)c1. The highest BCUT2D eigenvalue weighted by Crippen LogP contribution is 2.37. The van der Waals surface area contributed by atoms with Crippen molar-refractivity contribution in [3.63, 3.8) is 0 Å². The van der Waals surface area contributed by atoms with E-state index in [9.17, 15) is 9.50 Å². The second-order valence-corrected chi connectivity index (χ2v) is 3.36. The van der Waals surface area contributed by atoms with E-state index >= 15 is 0 Å². The van der Waals surface area contributed by atoms with E-state index in [4.69, 9.17) is 4.74 Å². The molecule has 2 aromatic carbocycles. The van der Waals surface area contributed by atoms with Crippen molar-refractivity contribution in [3.05, 3.63) is 48.3 Å². The smallest absolute Gasteiger partial charge is 0.130 e. The minimum Gasteiger partial charge on any atom is -0.507 e. The fraction of sp³-hybridized carbons (Fsp3) is 0.0769. The van der Waals surface area contributed by atoms with Crippen LogP contribution in [0.4, 0.5) is 4.39 Å². The van der Waals surface area contributed by atoms with E-state index in [1.807, 2.05) is 0 Å². The van der Waals surface area contributed by atoms with Gasteiger partial charge in [-0.2, -0.15) is 0 Å². The van der Waals surface area contributed by atoms with Crippen LogP contribution in [0.1, 0.15) is 0 Å². The first-order chi connectivity index (χ1) is 7.72. The summed E-state index contributed by atoms with van der Waals surface area (Å²) in [6.07, 6.45) is 0. The quantitative estimate of drug-likeness (QED) is 0.838. The van der Waals surface area contributed by atoms with Crippen LogP contribution in [0.3, 0.4) is 0 Å². The number of rotatable bonds is 2. The monoisotopic (exact) mass is 218 g/mol. The van der Waals surface area contributed by atoms with Crippen LogP contribution in [0.25, 0.3) is 11.1 Å². The van der Waals surface area contributed by atoms with E-state index in [-0.39, 0.29) is 11.6 Å². The number of aromatic hydroxyl groups is 1. The van der Waals surface area contributed by atoms with Crippen LogP contribution in [0.2, 0.25) is 0 Å². The Morgan fingerprint density at radius 2 is 1.88 bits per heavy atom. The summed E-state index contributed by atoms with van der Waals surface area (Å²) in [6, 6.07) is 11.0. The average Bonchev–Trinajstić information content (AvgIpc) is 2.28. The van der Waals surface area contributed by atoms with E-state index < -0.39 is 0 Å². The van der Waals surface area contributed by atoms with Crippen LogP contribution in [0.15, 0.2) is 42.5 Å². The lowest BCUT2D eigenvalue weighted by atomic mass is 10.0. The third-order valence-corrected chi connectivity index (χ3v) is 2.34. The molecule has 2 nitrogen and oxygen atoms in total. The topological polar surface area (TPSA) is 29.5 Å². The molecule has 0 aliphatic heterocycles. The van der Waals surface area contributed by atoms with Gasteiger partial charge in [0.05, 0.1) is 12.7 Å². The molecule has 0 bridgehead atoms. The number of halogens is 1. The Hall–Kier alpha value is -2.03. The lowest BCUT2D eigenvalue weighted by Crippen LogP contribution is -1.88. The molecule has 1 N–H and O–H groups in total. The fourth-order valence-corrected chi connectivity index (χ4v) is 1.62. The molecule has 0 unspecified atom stereocenters. The molecule has 82 valence electrons. The highest BCUT2D eigenvalue weighted by molar-refractivity contribution is 5.76. The molecule has 0 spiro atoms. The molecular formula is C13H11FO2. The lowest BCUT2D eigenvalue weighted by Gasteiger charge is -2.10. The maximum atomic E-state index is 13.1. The summed E-state index contributed by atoms with van der Waals surface area (Å²) in [4.78, 5) is 0. The van der Waals surface area contributed by atoms with Gasteiger partial charge in [0.2, 0.25) is 0 Å². The van der Waals surface area contributed by atoms with Gasteiger partial charge in [-0.1, -0.05) is 18.2 Å². The van der Waals surface area contributed by atoms with Crippen molar-refractivity contribution < 1.29 is 14.2 Å². The predicted molar refractivity (Wildman–Crippen MR) is 60.1 cm³/mol. The third kappa shape index (κ3) is 1.84. The van der Waals surface area contributed by atoms with Gasteiger partial charge < -0.3 is 9.84 Å². The summed E-state index contributed by atoms with van der Waals surface area (Å²) in [5, 5.41) is 9.76. The van der Waals surface area contributed by atoms with Crippen molar-refractivity contribution >= 4 is 0 Å². The Kier molecular flexibility index (Phi) is 2.77. The molecule has 0 radical (unpaired) electrons. The molecule has 0 aliphatic carbocycles. The van der Waals surface area contributed by atoms with Crippen molar-refractivity contribution in [3.8, 4) is 22.6 Å². The highest BCUT2D eigenvalue weighted by Gasteiger charge is 2.10. The normalized spacial score (nSPS) is 10.1. The van der Waals surface area contributed by atoms with Gasteiger partial charge in [0.15, 0.2) is 0 Å². The summed E-state index contributed by atoms with van der Waals surface area (Å²) in [7, 11) is 1.51. The van der Waals surface area contributed by atoms with Gasteiger partial charge in [-0.15, -0.1) is 0 Å². The summed E-state index contributed by atoms with van der Waals surface area (Å²) >= 11 is 0. The maximum absolute atomic E-state index is 13.1. The van der Waals surface area contributed by atoms with Crippen molar-refractivity contribution in [2.75, 3.05) is 7.11 Å². The first-order valence-corrected chi connectivity index (χ1v) is 4.84. The number of methoxy groups -OCH3 is 1. The van der Waals surface area contributed by atoms with Gasteiger partial charge in [-0.3, -0.25) is 0 Å². The molecule has 0 heterocycles. The van der Waals surface area contributed by atoms with E-state index in [1.165, 1.54) is 19.2 Å². The Bertz CT molecular complexity index is 509. The largest absolute Gasteiger partial charge is 0.507 e. The summed E-state index contributed by atoms with van der Waals surface area (Å²) in [5.74, 6) is 0.248. The number of phenols is 1. The second kappa shape index (κ2) is 4.23. The van der Waals surface area contributed by atoms with Crippen LogP contribution < -0.4 is 4.74 Å². The van der Waals surface area contributed by atoms with E-state index in [2.05, 4.69) is 0 Å². The van der Waals surface area contributed by atoms with Gasteiger partial charge in [-0.05, 0) is 29.8 Å². The van der Waals surface area contributed by atoms with Gasteiger partial charge in [0.25, 0.3) is 0 Å². The molecule has 0 aromatic heterocycles. The van der Waals surface area contributed by atoms with Crippen molar-refractivity contribution in [1.29, 1.82) is 0 Å². The van der Waals surface area contributed by atoms with Crippen LogP contribution >= 0.6 is 0 Å². The lowest BCUT2D eigenvalue weighted by molar-refractivity contribution is 0.410. The van der Waals surface area contributed by atoms with Crippen molar-refractivity contribution in [2.24, 2.45) is 0 Å². The average molecular weight is 218 g/mol. The van der Waals surface area contributed by atoms with Gasteiger partial charge in [0, 0.05) is 0 Å². The molecule has 0 saturated heterocycles. The first-order valence-electron chi connectivity index (χ1n) is 4.84. The zero-order chi connectivity index (χ0) is 11.5. The number of ether oxygens (including phenoxy) is 1. The number of benzene rings is 2. The van der Waals surface area contributed by atoms with E-state index in [0.29, 0.717) is 16.9 Å². The van der Waals surface area contributed by atoms with Crippen LogP contribution in [0, 0.1) is 5.82 Å². The summed E-state index contributed by atoms with van der Waals surface area (Å²) < 4.78 is 18.2. The number of hydrogen-bond acceptors (Lipinski definition) is 2. The molecule has 0 amide bonds. The van der Waals surface area contributed by atoms with Crippen LogP contribution in [-0.4, -0.2) is 12.2 Å². The molecule has 3 heteroatoms.